The molecule has 60 valence electrons. The van der Waals surface area contributed by atoms with E-state index in [1.807, 2.05) is 6.07 Å². The van der Waals surface area contributed by atoms with E-state index in [2.05, 4.69) is 5.32 Å². The van der Waals surface area contributed by atoms with Gasteiger partial charge in [-0.25, -0.2) is 0 Å². The van der Waals surface area contributed by atoms with Gasteiger partial charge in [0.05, 0.1) is 12.8 Å². The van der Waals surface area contributed by atoms with Gasteiger partial charge in [-0.15, -0.1) is 0 Å². The van der Waals surface area contributed by atoms with E-state index in [-0.39, 0.29) is 5.24 Å². The minimum absolute atomic E-state index is 0.0404. The Labute approximate surface area is 69.2 Å². The van der Waals surface area contributed by atoms with Gasteiger partial charge >= 0.3 is 0 Å². The van der Waals surface area contributed by atoms with Crippen LogP contribution in [0.1, 0.15) is 5.76 Å². The normalized spacial score (nSPS) is 9.55. The van der Waals surface area contributed by atoms with Crippen LogP contribution in [0.5, 0.6) is 0 Å². The molecule has 11 heavy (non-hydrogen) atoms. The molecule has 0 aliphatic heterocycles. The van der Waals surface area contributed by atoms with Gasteiger partial charge in [-0.05, 0) is 18.4 Å². The lowest BCUT2D eigenvalue weighted by molar-refractivity contribution is 0.259. The first-order chi connectivity index (χ1) is 5.33. The number of carbonyl (C=O) groups excluding carboxylic acids is 1. The molecule has 0 aliphatic carbocycles. The average molecular weight is 171 g/mol. The van der Waals surface area contributed by atoms with Crippen molar-refractivity contribution in [3.8, 4) is 0 Å². The predicted octanol–water partition coefficient (Wildman–Crippen LogP) is 1.85. The standard InChI is InChI=1S/C7H9NO2S/c1-11-7(9)8-5-6-3-2-4-10-6/h2-4H,5H2,1H3,(H,8,9). The van der Waals surface area contributed by atoms with Gasteiger partial charge in [0, 0.05) is 0 Å². The smallest absolute Gasteiger partial charge is 0.279 e. The lowest BCUT2D eigenvalue weighted by Gasteiger charge is -1.97. The molecule has 0 unspecified atom stereocenters. The van der Waals surface area contributed by atoms with E-state index in [9.17, 15) is 4.79 Å². The summed E-state index contributed by atoms with van der Waals surface area (Å²) in [4.78, 5) is 10.7. The van der Waals surface area contributed by atoms with Crippen LogP contribution >= 0.6 is 11.8 Å². The lowest BCUT2D eigenvalue weighted by Crippen LogP contribution is -2.16. The van der Waals surface area contributed by atoms with Crippen molar-refractivity contribution in [2.24, 2.45) is 0 Å². The van der Waals surface area contributed by atoms with Gasteiger partial charge in [-0.2, -0.15) is 0 Å². The van der Waals surface area contributed by atoms with E-state index in [4.69, 9.17) is 4.42 Å². The molecule has 0 radical (unpaired) electrons. The van der Waals surface area contributed by atoms with E-state index in [1.165, 1.54) is 0 Å². The van der Waals surface area contributed by atoms with Crippen LogP contribution in [-0.2, 0) is 6.54 Å². The van der Waals surface area contributed by atoms with Gasteiger partial charge in [-0.3, -0.25) is 4.79 Å². The van der Waals surface area contributed by atoms with Crippen LogP contribution in [0.15, 0.2) is 22.8 Å². The number of carbonyl (C=O) groups is 1. The molecule has 0 atom stereocenters. The molecule has 1 amide bonds. The summed E-state index contributed by atoms with van der Waals surface area (Å²) in [6, 6.07) is 3.61. The molecule has 0 fully saturated rings. The number of amides is 1. The molecule has 1 heterocycles. The number of furan rings is 1. The summed E-state index contributed by atoms with van der Waals surface area (Å²) < 4.78 is 5.00. The van der Waals surface area contributed by atoms with Crippen LogP contribution in [0.25, 0.3) is 0 Å². The highest BCUT2D eigenvalue weighted by atomic mass is 32.2. The Morgan fingerprint density at radius 3 is 3.18 bits per heavy atom. The molecule has 0 aromatic carbocycles. The molecule has 0 aliphatic rings. The maximum atomic E-state index is 10.7. The third-order valence-corrected chi connectivity index (χ3v) is 1.69. The van der Waals surface area contributed by atoms with Crippen LogP contribution in [-0.4, -0.2) is 11.5 Å². The molecule has 1 rings (SSSR count). The highest BCUT2D eigenvalue weighted by Crippen LogP contribution is 2.00. The molecule has 0 saturated carbocycles. The molecular weight excluding hydrogens is 162 g/mol. The highest BCUT2D eigenvalue weighted by Gasteiger charge is 1.98. The summed E-state index contributed by atoms with van der Waals surface area (Å²) in [5.41, 5.74) is 0. The summed E-state index contributed by atoms with van der Waals surface area (Å²) in [5.74, 6) is 0.771. The van der Waals surface area contributed by atoms with Crippen molar-refractivity contribution in [2.45, 2.75) is 6.54 Å². The second-order valence-electron chi connectivity index (χ2n) is 1.92. The maximum absolute atomic E-state index is 10.7. The number of hydrogen-bond donors (Lipinski definition) is 1. The first kappa shape index (κ1) is 8.20. The van der Waals surface area contributed by atoms with Gasteiger partial charge in [0.1, 0.15) is 5.76 Å². The van der Waals surface area contributed by atoms with Crippen molar-refractivity contribution in [1.82, 2.24) is 5.32 Å². The summed E-state index contributed by atoms with van der Waals surface area (Å²) in [6.07, 6.45) is 3.32. The monoisotopic (exact) mass is 171 g/mol. The van der Waals surface area contributed by atoms with Crippen molar-refractivity contribution < 1.29 is 9.21 Å². The molecule has 0 saturated heterocycles. The summed E-state index contributed by atoms with van der Waals surface area (Å²) in [5, 5.41) is 2.62. The molecule has 1 aromatic heterocycles. The SMILES string of the molecule is CSC(=O)NCc1ccco1. The van der Waals surface area contributed by atoms with Crippen molar-refractivity contribution in [3.05, 3.63) is 24.2 Å². The van der Waals surface area contributed by atoms with E-state index in [0.29, 0.717) is 6.54 Å². The zero-order valence-corrected chi connectivity index (χ0v) is 6.98. The van der Waals surface area contributed by atoms with Crippen molar-refractivity contribution in [1.29, 1.82) is 0 Å². The van der Waals surface area contributed by atoms with E-state index in [1.54, 1.807) is 18.6 Å². The first-order valence-corrected chi connectivity index (χ1v) is 4.39. The maximum Gasteiger partial charge on any atom is 0.279 e. The van der Waals surface area contributed by atoms with Crippen LogP contribution in [0, 0.1) is 0 Å². The van der Waals surface area contributed by atoms with Crippen LogP contribution in [0.4, 0.5) is 4.79 Å². The van der Waals surface area contributed by atoms with Crippen molar-refractivity contribution in [3.63, 3.8) is 0 Å². The van der Waals surface area contributed by atoms with Crippen LogP contribution in [0.3, 0.4) is 0 Å². The molecule has 0 spiro atoms. The van der Waals surface area contributed by atoms with Gasteiger partial charge in [0.15, 0.2) is 0 Å². The fourth-order valence-electron chi connectivity index (χ4n) is 0.645. The molecule has 4 heteroatoms. The second kappa shape index (κ2) is 4.08. The highest BCUT2D eigenvalue weighted by molar-refractivity contribution is 8.12. The Hall–Kier alpha value is -0.900. The summed E-state index contributed by atoms with van der Waals surface area (Å²) in [7, 11) is 0. The minimum Gasteiger partial charge on any atom is -0.467 e. The van der Waals surface area contributed by atoms with Gasteiger partial charge in [0.2, 0.25) is 0 Å². The minimum atomic E-state index is -0.0404. The number of thioether (sulfide) groups is 1. The molecular formula is C7H9NO2S. The molecule has 3 nitrogen and oxygen atoms in total. The second-order valence-corrected chi connectivity index (χ2v) is 2.70. The lowest BCUT2D eigenvalue weighted by atomic mass is 10.4. The topological polar surface area (TPSA) is 42.2 Å². The van der Waals surface area contributed by atoms with E-state index in [0.717, 1.165) is 17.5 Å². The molecule has 0 bridgehead atoms. The van der Waals surface area contributed by atoms with Gasteiger partial charge in [0.25, 0.3) is 5.24 Å². The largest absolute Gasteiger partial charge is 0.467 e. The van der Waals surface area contributed by atoms with Crippen LogP contribution in [0.2, 0.25) is 0 Å². The first-order valence-electron chi connectivity index (χ1n) is 3.17. The summed E-state index contributed by atoms with van der Waals surface area (Å²) in [6.45, 7) is 0.465. The predicted molar refractivity (Wildman–Crippen MR) is 44.5 cm³/mol. The fraction of sp³-hybridized carbons (Fsp3) is 0.286. The Kier molecular flexibility index (Phi) is 3.04. The third-order valence-electron chi connectivity index (χ3n) is 1.17. The molecule has 1 N–H and O–H groups in total. The summed E-state index contributed by atoms with van der Waals surface area (Å²) >= 11 is 1.15. The van der Waals surface area contributed by atoms with E-state index < -0.39 is 0 Å². The van der Waals surface area contributed by atoms with Gasteiger partial charge < -0.3 is 9.73 Å². The zero-order chi connectivity index (χ0) is 8.10. The van der Waals surface area contributed by atoms with Crippen LogP contribution < -0.4 is 5.32 Å². The number of rotatable bonds is 2. The quantitative estimate of drug-likeness (QED) is 0.738. The Morgan fingerprint density at radius 1 is 1.82 bits per heavy atom. The average Bonchev–Trinajstić information content (AvgIpc) is 2.52. The van der Waals surface area contributed by atoms with Crippen molar-refractivity contribution >= 4 is 17.0 Å². The zero-order valence-electron chi connectivity index (χ0n) is 6.16. The number of nitrogens with one attached hydrogen (secondary N) is 1. The van der Waals surface area contributed by atoms with Gasteiger partial charge in [-0.1, -0.05) is 11.8 Å². The van der Waals surface area contributed by atoms with E-state index >= 15 is 0 Å². The Balaban J connectivity index is 2.29. The fourth-order valence-corrected chi connectivity index (χ4v) is 0.861. The molecule has 1 aromatic rings. The number of hydrogen-bond acceptors (Lipinski definition) is 3. The Bertz CT molecular complexity index is 220. The van der Waals surface area contributed by atoms with Crippen molar-refractivity contribution in [2.75, 3.05) is 6.26 Å². The third kappa shape index (κ3) is 2.67. The Morgan fingerprint density at radius 2 is 2.64 bits per heavy atom.